The molecule has 92 valence electrons. The quantitative estimate of drug-likeness (QED) is 0.636. The molecule has 2 rings (SSSR count). The summed E-state index contributed by atoms with van der Waals surface area (Å²) in [5.41, 5.74) is -0.964. The summed E-state index contributed by atoms with van der Waals surface area (Å²) in [4.78, 5) is 28.5. The van der Waals surface area contributed by atoms with E-state index in [4.69, 9.17) is 4.74 Å². The minimum Gasteiger partial charge on any atom is -0.468 e. The third-order valence-corrected chi connectivity index (χ3v) is 3.44. The Labute approximate surface area is 99.8 Å². The molecule has 0 aromatic carbocycles. The molecule has 0 radical (unpaired) electrons. The van der Waals surface area contributed by atoms with Gasteiger partial charge in [-0.15, -0.1) is 0 Å². The van der Waals surface area contributed by atoms with Gasteiger partial charge in [0, 0.05) is 13.2 Å². The van der Waals surface area contributed by atoms with Crippen molar-refractivity contribution in [3.63, 3.8) is 0 Å². The van der Waals surface area contributed by atoms with Crippen LogP contribution in [0.4, 0.5) is 5.82 Å². The Bertz CT molecular complexity index is 421. The first kappa shape index (κ1) is 11.7. The highest BCUT2D eigenvalue weighted by atomic mass is 16.5. The minimum atomic E-state index is -0.964. The molecule has 1 N–H and O–H groups in total. The van der Waals surface area contributed by atoms with Crippen molar-refractivity contribution in [2.75, 3.05) is 19.1 Å². The predicted molar refractivity (Wildman–Crippen MR) is 62.5 cm³/mol. The highest BCUT2D eigenvalue weighted by molar-refractivity contribution is 6.10. The van der Waals surface area contributed by atoms with E-state index in [1.165, 1.54) is 12.0 Å². The molecule has 1 amide bonds. The van der Waals surface area contributed by atoms with E-state index >= 15 is 0 Å². The smallest absolute Gasteiger partial charge is 0.321 e. The summed E-state index contributed by atoms with van der Waals surface area (Å²) in [5, 5.41) is 0. The molecular weight excluding hydrogens is 220 g/mol. The van der Waals surface area contributed by atoms with Crippen LogP contribution in [0.2, 0.25) is 0 Å². The number of methoxy groups -OCH3 is 1. The van der Waals surface area contributed by atoms with Crippen molar-refractivity contribution in [1.29, 1.82) is 0 Å². The fourth-order valence-electron chi connectivity index (χ4n) is 2.19. The Morgan fingerprint density at radius 1 is 1.47 bits per heavy atom. The normalized spacial score (nSPS) is 17.1. The number of carbonyl (C=O) groups excluding carboxylic acids is 2. The molecule has 0 aliphatic heterocycles. The number of hydrogen-bond acceptors (Lipinski definition) is 3. The number of esters is 1. The van der Waals surface area contributed by atoms with Gasteiger partial charge in [0.05, 0.1) is 7.11 Å². The van der Waals surface area contributed by atoms with Gasteiger partial charge in [0.2, 0.25) is 5.91 Å². The van der Waals surface area contributed by atoms with E-state index in [1.54, 1.807) is 19.3 Å². The molecule has 1 aliphatic rings. The third-order valence-electron chi connectivity index (χ3n) is 3.44. The Kier molecular flexibility index (Phi) is 2.92. The number of aromatic nitrogens is 1. The van der Waals surface area contributed by atoms with Crippen LogP contribution in [-0.2, 0) is 14.3 Å². The molecule has 0 saturated heterocycles. The molecule has 1 aromatic heterocycles. The zero-order valence-corrected chi connectivity index (χ0v) is 10.0. The molecule has 1 heterocycles. The van der Waals surface area contributed by atoms with Crippen molar-refractivity contribution in [1.82, 2.24) is 4.98 Å². The van der Waals surface area contributed by atoms with Gasteiger partial charge in [0.15, 0.2) is 0 Å². The molecule has 5 heteroatoms. The maximum Gasteiger partial charge on any atom is 0.321 e. The van der Waals surface area contributed by atoms with Crippen LogP contribution in [-0.4, -0.2) is 31.0 Å². The fraction of sp³-hybridized carbons (Fsp3) is 0.500. The first-order valence-electron chi connectivity index (χ1n) is 5.62. The topological polar surface area (TPSA) is 62.4 Å². The summed E-state index contributed by atoms with van der Waals surface area (Å²) in [5.74, 6) is 0.0652. The van der Waals surface area contributed by atoms with Crippen LogP contribution in [0.15, 0.2) is 18.3 Å². The van der Waals surface area contributed by atoms with E-state index in [-0.39, 0.29) is 5.91 Å². The first-order valence-corrected chi connectivity index (χ1v) is 5.62. The molecule has 1 saturated carbocycles. The summed E-state index contributed by atoms with van der Waals surface area (Å²) in [6.45, 7) is 0. The monoisotopic (exact) mass is 236 g/mol. The fourth-order valence-corrected chi connectivity index (χ4v) is 2.19. The lowest BCUT2D eigenvalue weighted by Crippen LogP contribution is -2.52. The molecule has 0 unspecified atom stereocenters. The number of carbonyl (C=O) groups is 2. The second kappa shape index (κ2) is 4.24. The average Bonchev–Trinajstić information content (AvgIpc) is 2.79. The van der Waals surface area contributed by atoms with Crippen LogP contribution in [0.1, 0.15) is 19.3 Å². The number of amides is 1. The van der Waals surface area contributed by atoms with Gasteiger partial charge in [-0.05, 0) is 25.0 Å². The van der Waals surface area contributed by atoms with Gasteiger partial charge in [-0.3, -0.25) is 9.59 Å². The van der Waals surface area contributed by atoms with E-state index in [0.29, 0.717) is 18.7 Å². The maximum atomic E-state index is 12.4. The standard InChI is InChI=1S/C12H16N2O3/c1-14(9-5-3-8-13-9)10(15)12(6-4-7-12)11(16)17-2/h3,5,8,13H,4,6-7H2,1-2H3. The number of anilines is 1. The molecule has 0 spiro atoms. The first-order chi connectivity index (χ1) is 8.12. The maximum absolute atomic E-state index is 12.4. The van der Waals surface area contributed by atoms with Gasteiger partial charge in [-0.1, -0.05) is 6.42 Å². The minimum absolute atomic E-state index is 0.196. The zero-order valence-electron chi connectivity index (χ0n) is 10.0. The van der Waals surface area contributed by atoms with Gasteiger partial charge >= 0.3 is 5.97 Å². The van der Waals surface area contributed by atoms with Crippen LogP contribution >= 0.6 is 0 Å². The van der Waals surface area contributed by atoms with Crippen LogP contribution in [0.5, 0.6) is 0 Å². The van der Waals surface area contributed by atoms with E-state index in [2.05, 4.69) is 4.98 Å². The second-order valence-electron chi connectivity index (χ2n) is 4.35. The number of nitrogens with zero attached hydrogens (tertiary/aromatic N) is 1. The summed E-state index contributed by atoms with van der Waals surface area (Å²) in [7, 11) is 2.99. The molecular formula is C12H16N2O3. The zero-order chi connectivity index (χ0) is 12.5. The number of nitrogens with one attached hydrogen (secondary N) is 1. The highest BCUT2D eigenvalue weighted by Gasteiger charge is 2.53. The highest BCUT2D eigenvalue weighted by Crippen LogP contribution is 2.43. The van der Waals surface area contributed by atoms with Crippen molar-refractivity contribution in [2.24, 2.45) is 5.41 Å². The van der Waals surface area contributed by atoms with Gasteiger partial charge in [0.25, 0.3) is 0 Å². The van der Waals surface area contributed by atoms with Gasteiger partial charge in [-0.25, -0.2) is 0 Å². The van der Waals surface area contributed by atoms with Gasteiger partial charge < -0.3 is 14.6 Å². The Morgan fingerprint density at radius 3 is 2.59 bits per heavy atom. The largest absolute Gasteiger partial charge is 0.468 e. The van der Waals surface area contributed by atoms with Gasteiger partial charge in [-0.2, -0.15) is 0 Å². The molecule has 1 aliphatic carbocycles. The Hall–Kier alpha value is -1.78. The van der Waals surface area contributed by atoms with Crippen molar-refractivity contribution in [3.05, 3.63) is 18.3 Å². The van der Waals surface area contributed by atoms with E-state index < -0.39 is 11.4 Å². The molecule has 17 heavy (non-hydrogen) atoms. The number of ether oxygens (including phenoxy) is 1. The van der Waals surface area contributed by atoms with Crippen molar-refractivity contribution >= 4 is 17.7 Å². The van der Waals surface area contributed by atoms with Gasteiger partial charge in [0.1, 0.15) is 11.2 Å². The SMILES string of the molecule is COC(=O)C1(C(=O)N(C)c2ccc[nH]2)CCC1. The molecule has 1 aromatic rings. The number of H-pyrrole nitrogens is 1. The Morgan fingerprint density at radius 2 is 2.18 bits per heavy atom. The lowest BCUT2D eigenvalue weighted by Gasteiger charge is -2.39. The van der Waals surface area contributed by atoms with Crippen LogP contribution in [0.25, 0.3) is 0 Å². The predicted octanol–water partition coefficient (Wildman–Crippen LogP) is 1.32. The molecule has 0 bridgehead atoms. The lowest BCUT2D eigenvalue weighted by molar-refractivity contribution is -0.163. The third kappa shape index (κ3) is 1.71. The van der Waals surface area contributed by atoms with Crippen molar-refractivity contribution < 1.29 is 14.3 Å². The van der Waals surface area contributed by atoms with Crippen LogP contribution < -0.4 is 4.90 Å². The number of hydrogen-bond donors (Lipinski definition) is 1. The van der Waals surface area contributed by atoms with E-state index in [0.717, 1.165) is 6.42 Å². The summed E-state index contributed by atoms with van der Waals surface area (Å²) < 4.78 is 4.75. The molecule has 5 nitrogen and oxygen atoms in total. The van der Waals surface area contributed by atoms with E-state index in [1.807, 2.05) is 6.07 Å². The van der Waals surface area contributed by atoms with Crippen molar-refractivity contribution in [2.45, 2.75) is 19.3 Å². The van der Waals surface area contributed by atoms with Crippen LogP contribution in [0.3, 0.4) is 0 Å². The Balaban J connectivity index is 2.21. The number of aromatic amines is 1. The molecule has 0 atom stereocenters. The second-order valence-corrected chi connectivity index (χ2v) is 4.35. The average molecular weight is 236 g/mol. The summed E-state index contributed by atoms with van der Waals surface area (Å²) in [6, 6.07) is 3.60. The number of rotatable bonds is 3. The summed E-state index contributed by atoms with van der Waals surface area (Å²) in [6.07, 6.45) is 3.78. The van der Waals surface area contributed by atoms with E-state index in [9.17, 15) is 9.59 Å². The van der Waals surface area contributed by atoms with Crippen molar-refractivity contribution in [3.8, 4) is 0 Å². The summed E-state index contributed by atoms with van der Waals surface area (Å²) >= 11 is 0. The molecule has 1 fully saturated rings. The lowest BCUT2D eigenvalue weighted by atomic mass is 9.67. The van der Waals surface area contributed by atoms with Crippen LogP contribution in [0, 0.1) is 5.41 Å².